The highest BCUT2D eigenvalue weighted by atomic mass is 16.5. The molecule has 0 radical (unpaired) electrons. The molecule has 0 aliphatic heterocycles. The van der Waals surface area contributed by atoms with Crippen LogP contribution in [0.3, 0.4) is 0 Å². The standard InChI is InChI=1S/C25H22N4O3/c30-24(14-13-23-25(31)28-22-12-5-4-11-21(22)27-23)29-26-16-19-9-6-10-20(15-19)32-17-18-7-2-1-3-8-18/h1-12,15-16H,13-14,17H2,(H,28,31)(H,29,30)/b26-16+. The van der Waals surface area contributed by atoms with E-state index >= 15 is 0 Å². The summed E-state index contributed by atoms with van der Waals surface area (Å²) in [5, 5.41) is 4.00. The van der Waals surface area contributed by atoms with Gasteiger partial charge in [0.2, 0.25) is 5.91 Å². The Morgan fingerprint density at radius 1 is 1.03 bits per heavy atom. The lowest BCUT2D eigenvalue weighted by molar-refractivity contribution is -0.121. The number of hydrazone groups is 1. The van der Waals surface area contributed by atoms with E-state index in [4.69, 9.17) is 4.74 Å². The third-order valence-corrected chi connectivity index (χ3v) is 4.77. The predicted molar refractivity (Wildman–Crippen MR) is 124 cm³/mol. The molecule has 0 atom stereocenters. The fraction of sp³-hybridized carbons (Fsp3) is 0.120. The van der Waals surface area contributed by atoms with Gasteiger partial charge in [0.25, 0.3) is 5.56 Å². The Morgan fingerprint density at radius 3 is 2.72 bits per heavy atom. The molecule has 0 bridgehead atoms. The first-order chi connectivity index (χ1) is 15.7. The Morgan fingerprint density at radius 2 is 1.84 bits per heavy atom. The van der Waals surface area contributed by atoms with Crippen LogP contribution >= 0.6 is 0 Å². The predicted octanol–water partition coefficient (Wildman–Crippen LogP) is 3.59. The van der Waals surface area contributed by atoms with Crippen LogP contribution in [0.2, 0.25) is 0 Å². The van der Waals surface area contributed by atoms with Crippen LogP contribution in [-0.4, -0.2) is 22.1 Å². The fourth-order valence-corrected chi connectivity index (χ4v) is 3.13. The number of nitrogens with one attached hydrogen (secondary N) is 2. The largest absolute Gasteiger partial charge is 0.489 e. The number of aromatic amines is 1. The molecule has 3 aromatic carbocycles. The Labute approximate surface area is 184 Å². The minimum Gasteiger partial charge on any atom is -0.489 e. The Balaban J connectivity index is 1.29. The van der Waals surface area contributed by atoms with E-state index in [2.05, 4.69) is 20.5 Å². The average Bonchev–Trinajstić information content (AvgIpc) is 2.82. The van der Waals surface area contributed by atoms with Crippen LogP contribution in [-0.2, 0) is 17.8 Å². The molecule has 160 valence electrons. The Hall–Kier alpha value is -4.26. The molecule has 1 amide bonds. The minimum atomic E-state index is -0.299. The molecule has 2 N–H and O–H groups in total. The molecule has 0 unspecified atom stereocenters. The van der Waals surface area contributed by atoms with Crippen molar-refractivity contribution in [1.29, 1.82) is 0 Å². The molecule has 4 aromatic rings. The van der Waals surface area contributed by atoms with Gasteiger partial charge in [-0.1, -0.05) is 54.6 Å². The summed E-state index contributed by atoms with van der Waals surface area (Å²) in [4.78, 5) is 31.4. The zero-order valence-corrected chi connectivity index (χ0v) is 17.3. The van der Waals surface area contributed by atoms with Crippen LogP contribution < -0.4 is 15.7 Å². The SMILES string of the molecule is O=C(CCc1nc2ccccc2[nH]c1=O)N/N=C/c1cccc(OCc2ccccc2)c1. The number of aryl methyl sites for hydroxylation is 1. The van der Waals surface area contributed by atoms with Crippen LogP contribution in [0.5, 0.6) is 5.75 Å². The van der Waals surface area contributed by atoms with Crippen molar-refractivity contribution in [3.8, 4) is 5.75 Å². The lowest BCUT2D eigenvalue weighted by Gasteiger charge is -2.06. The summed E-state index contributed by atoms with van der Waals surface area (Å²) in [6, 6.07) is 24.6. The maximum atomic E-state index is 12.1. The first-order valence-corrected chi connectivity index (χ1v) is 10.2. The highest BCUT2D eigenvalue weighted by molar-refractivity contribution is 5.83. The van der Waals surface area contributed by atoms with E-state index < -0.39 is 0 Å². The number of rotatable bonds is 8. The molecular formula is C25H22N4O3. The average molecular weight is 426 g/mol. The highest BCUT2D eigenvalue weighted by Gasteiger charge is 2.07. The fourth-order valence-electron chi connectivity index (χ4n) is 3.13. The molecule has 0 fully saturated rings. The summed E-state index contributed by atoms with van der Waals surface area (Å²) in [6.07, 6.45) is 1.88. The lowest BCUT2D eigenvalue weighted by Crippen LogP contribution is -2.21. The van der Waals surface area contributed by atoms with Crippen molar-refractivity contribution in [2.75, 3.05) is 0 Å². The van der Waals surface area contributed by atoms with E-state index in [1.807, 2.05) is 72.8 Å². The van der Waals surface area contributed by atoms with Gasteiger partial charge in [0.05, 0.1) is 17.2 Å². The van der Waals surface area contributed by atoms with Crippen LogP contribution in [0, 0.1) is 0 Å². The molecule has 1 aromatic heterocycles. The number of hydrogen-bond donors (Lipinski definition) is 2. The Kier molecular flexibility index (Phi) is 6.67. The Bertz CT molecular complexity index is 1300. The molecular weight excluding hydrogens is 404 g/mol. The second-order valence-corrected chi connectivity index (χ2v) is 7.17. The van der Waals surface area contributed by atoms with Gasteiger partial charge in [0, 0.05) is 12.8 Å². The van der Waals surface area contributed by atoms with Gasteiger partial charge < -0.3 is 9.72 Å². The number of H-pyrrole nitrogens is 1. The molecule has 4 rings (SSSR count). The van der Waals surface area contributed by atoms with Gasteiger partial charge in [-0.2, -0.15) is 5.10 Å². The maximum Gasteiger partial charge on any atom is 0.270 e. The summed E-state index contributed by atoms with van der Waals surface area (Å²) >= 11 is 0. The van der Waals surface area contributed by atoms with Crippen molar-refractivity contribution in [2.45, 2.75) is 19.4 Å². The number of carbonyl (C=O) groups is 1. The summed E-state index contributed by atoms with van der Waals surface area (Å²) in [5.41, 5.74) is 5.76. The van der Waals surface area contributed by atoms with Gasteiger partial charge >= 0.3 is 0 Å². The number of carbonyl (C=O) groups excluding carboxylic acids is 1. The van der Waals surface area contributed by atoms with Gasteiger partial charge in [-0.25, -0.2) is 10.4 Å². The quantitative estimate of drug-likeness (QED) is 0.332. The van der Waals surface area contributed by atoms with E-state index in [0.717, 1.165) is 11.1 Å². The van der Waals surface area contributed by atoms with Crippen molar-refractivity contribution in [3.63, 3.8) is 0 Å². The number of amides is 1. The van der Waals surface area contributed by atoms with E-state index in [-0.39, 0.29) is 24.3 Å². The van der Waals surface area contributed by atoms with Crippen molar-refractivity contribution in [2.24, 2.45) is 5.10 Å². The summed E-state index contributed by atoms with van der Waals surface area (Å²) in [7, 11) is 0. The van der Waals surface area contributed by atoms with Crippen molar-refractivity contribution in [3.05, 3.63) is 106 Å². The molecule has 32 heavy (non-hydrogen) atoms. The second-order valence-electron chi connectivity index (χ2n) is 7.17. The molecule has 0 spiro atoms. The van der Waals surface area contributed by atoms with Crippen LogP contribution in [0.4, 0.5) is 0 Å². The molecule has 0 saturated carbocycles. The monoisotopic (exact) mass is 426 g/mol. The summed E-state index contributed by atoms with van der Waals surface area (Å²) < 4.78 is 5.80. The van der Waals surface area contributed by atoms with Crippen LogP contribution in [0.25, 0.3) is 11.0 Å². The molecule has 7 heteroatoms. The van der Waals surface area contributed by atoms with Gasteiger partial charge in [-0.15, -0.1) is 0 Å². The number of aromatic nitrogens is 2. The number of ether oxygens (including phenoxy) is 1. The molecule has 1 heterocycles. The normalized spacial score (nSPS) is 11.0. The second kappa shape index (κ2) is 10.2. The van der Waals surface area contributed by atoms with Crippen molar-refractivity contribution in [1.82, 2.24) is 15.4 Å². The maximum absolute atomic E-state index is 12.1. The van der Waals surface area contributed by atoms with Crippen LogP contribution in [0.15, 0.2) is 88.8 Å². The molecule has 0 aliphatic carbocycles. The number of hydrogen-bond acceptors (Lipinski definition) is 5. The van der Waals surface area contributed by atoms with E-state index in [0.29, 0.717) is 29.1 Å². The zero-order valence-electron chi connectivity index (χ0n) is 17.3. The van der Waals surface area contributed by atoms with E-state index in [1.165, 1.54) is 0 Å². The van der Waals surface area contributed by atoms with Crippen LogP contribution in [0.1, 0.15) is 23.2 Å². The van der Waals surface area contributed by atoms with Crippen molar-refractivity contribution >= 4 is 23.2 Å². The van der Waals surface area contributed by atoms with Crippen molar-refractivity contribution < 1.29 is 9.53 Å². The molecule has 0 saturated heterocycles. The smallest absolute Gasteiger partial charge is 0.270 e. The third-order valence-electron chi connectivity index (χ3n) is 4.77. The highest BCUT2D eigenvalue weighted by Crippen LogP contribution is 2.14. The number of nitrogens with zero attached hydrogens (tertiary/aromatic N) is 2. The first kappa shape index (κ1) is 21.0. The zero-order chi connectivity index (χ0) is 22.2. The van der Waals surface area contributed by atoms with Gasteiger partial charge in [0.1, 0.15) is 18.1 Å². The lowest BCUT2D eigenvalue weighted by atomic mass is 10.2. The van der Waals surface area contributed by atoms with E-state index in [1.54, 1.807) is 12.3 Å². The minimum absolute atomic E-state index is 0.103. The number of benzene rings is 3. The van der Waals surface area contributed by atoms with Gasteiger partial charge in [-0.05, 0) is 35.4 Å². The topological polar surface area (TPSA) is 96.4 Å². The summed E-state index contributed by atoms with van der Waals surface area (Å²) in [6.45, 7) is 0.472. The van der Waals surface area contributed by atoms with E-state index in [9.17, 15) is 9.59 Å². The summed E-state index contributed by atoms with van der Waals surface area (Å²) in [5.74, 6) is 0.415. The number of fused-ring (bicyclic) bond motifs is 1. The third kappa shape index (κ3) is 5.66. The van der Waals surface area contributed by atoms with Gasteiger partial charge in [-0.3, -0.25) is 9.59 Å². The first-order valence-electron chi connectivity index (χ1n) is 10.2. The molecule has 7 nitrogen and oxygen atoms in total. The molecule has 0 aliphatic rings. The number of para-hydroxylation sites is 2. The van der Waals surface area contributed by atoms with Gasteiger partial charge in [0.15, 0.2) is 0 Å².